The highest BCUT2D eigenvalue weighted by Gasteiger charge is 2.18. The SMILES string of the molecule is CC1CC(c2ccc(C(=O)Nc3ccc(F)cc3F)cc2)=NO1. The van der Waals surface area contributed by atoms with Crippen LogP contribution in [-0.4, -0.2) is 17.7 Å². The van der Waals surface area contributed by atoms with Gasteiger partial charge in [-0.15, -0.1) is 0 Å². The molecule has 0 radical (unpaired) electrons. The van der Waals surface area contributed by atoms with E-state index in [1.807, 2.05) is 6.92 Å². The molecule has 23 heavy (non-hydrogen) atoms. The largest absolute Gasteiger partial charge is 0.392 e. The van der Waals surface area contributed by atoms with E-state index < -0.39 is 17.5 Å². The van der Waals surface area contributed by atoms with E-state index in [0.717, 1.165) is 23.4 Å². The second-order valence-electron chi connectivity index (χ2n) is 5.31. The third-order valence-corrected chi connectivity index (χ3v) is 3.48. The lowest BCUT2D eigenvalue weighted by molar-refractivity contribution is 0.0995. The van der Waals surface area contributed by atoms with Gasteiger partial charge in [0.2, 0.25) is 0 Å². The number of nitrogens with one attached hydrogen (secondary N) is 1. The first-order valence-corrected chi connectivity index (χ1v) is 7.12. The molecule has 2 aromatic carbocycles. The van der Waals surface area contributed by atoms with E-state index in [4.69, 9.17) is 4.84 Å². The van der Waals surface area contributed by atoms with Gasteiger partial charge in [-0.1, -0.05) is 17.3 Å². The molecule has 4 nitrogen and oxygen atoms in total. The van der Waals surface area contributed by atoms with Gasteiger partial charge in [-0.3, -0.25) is 4.79 Å². The number of amides is 1. The summed E-state index contributed by atoms with van der Waals surface area (Å²) in [6.07, 6.45) is 0.765. The van der Waals surface area contributed by atoms with Crippen molar-refractivity contribution in [2.45, 2.75) is 19.4 Å². The van der Waals surface area contributed by atoms with Crippen molar-refractivity contribution in [1.29, 1.82) is 0 Å². The molecule has 0 saturated heterocycles. The number of hydrogen-bond donors (Lipinski definition) is 1. The maximum atomic E-state index is 13.5. The second-order valence-corrected chi connectivity index (χ2v) is 5.31. The molecule has 1 amide bonds. The van der Waals surface area contributed by atoms with Crippen LogP contribution in [0.4, 0.5) is 14.5 Å². The topological polar surface area (TPSA) is 50.7 Å². The summed E-state index contributed by atoms with van der Waals surface area (Å²) < 4.78 is 26.4. The van der Waals surface area contributed by atoms with Crippen molar-refractivity contribution in [2.75, 3.05) is 5.32 Å². The monoisotopic (exact) mass is 316 g/mol. The first kappa shape index (κ1) is 15.1. The average Bonchev–Trinajstić information content (AvgIpc) is 2.97. The molecule has 0 fully saturated rings. The Bertz CT molecular complexity index is 773. The second kappa shape index (κ2) is 6.16. The fourth-order valence-corrected chi connectivity index (χ4v) is 2.27. The molecule has 0 saturated carbocycles. The van der Waals surface area contributed by atoms with Crippen LogP contribution in [0, 0.1) is 11.6 Å². The number of nitrogens with zero attached hydrogens (tertiary/aromatic N) is 1. The van der Waals surface area contributed by atoms with Crippen molar-refractivity contribution < 1.29 is 18.4 Å². The summed E-state index contributed by atoms with van der Waals surface area (Å²) in [5.41, 5.74) is 2.00. The molecule has 1 unspecified atom stereocenters. The molecule has 0 aliphatic carbocycles. The molecule has 1 aliphatic rings. The van der Waals surface area contributed by atoms with E-state index in [1.165, 1.54) is 6.07 Å². The van der Waals surface area contributed by atoms with Crippen molar-refractivity contribution in [2.24, 2.45) is 5.16 Å². The molecule has 6 heteroatoms. The molecular weight excluding hydrogens is 302 g/mol. The molecule has 118 valence electrons. The molecule has 1 heterocycles. The highest BCUT2D eigenvalue weighted by Crippen LogP contribution is 2.18. The number of carbonyl (C=O) groups is 1. The van der Waals surface area contributed by atoms with E-state index in [0.29, 0.717) is 12.0 Å². The lowest BCUT2D eigenvalue weighted by Crippen LogP contribution is -2.13. The summed E-state index contributed by atoms with van der Waals surface area (Å²) in [5, 5.41) is 6.39. The molecule has 3 rings (SSSR count). The van der Waals surface area contributed by atoms with Crippen molar-refractivity contribution in [3.05, 3.63) is 65.2 Å². The Morgan fingerprint density at radius 2 is 1.96 bits per heavy atom. The zero-order valence-corrected chi connectivity index (χ0v) is 12.3. The third-order valence-electron chi connectivity index (χ3n) is 3.48. The van der Waals surface area contributed by atoms with Crippen LogP contribution < -0.4 is 5.32 Å². The van der Waals surface area contributed by atoms with Crippen LogP contribution in [0.25, 0.3) is 0 Å². The molecule has 1 atom stereocenters. The van der Waals surface area contributed by atoms with Crippen LogP contribution in [0.15, 0.2) is 47.6 Å². The van der Waals surface area contributed by atoms with Gasteiger partial charge in [0, 0.05) is 18.1 Å². The first-order chi connectivity index (χ1) is 11.0. The Balaban J connectivity index is 1.73. The molecule has 2 aromatic rings. The summed E-state index contributed by atoms with van der Waals surface area (Å²) in [7, 11) is 0. The number of oxime groups is 1. The number of benzene rings is 2. The maximum absolute atomic E-state index is 13.5. The van der Waals surface area contributed by atoms with Crippen LogP contribution in [0.5, 0.6) is 0 Å². The van der Waals surface area contributed by atoms with Gasteiger partial charge in [-0.05, 0) is 36.8 Å². The van der Waals surface area contributed by atoms with Gasteiger partial charge >= 0.3 is 0 Å². The number of anilines is 1. The molecule has 1 aliphatic heterocycles. The predicted molar refractivity (Wildman–Crippen MR) is 82.5 cm³/mol. The Labute approximate surface area is 131 Å². The quantitative estimate of drug-likeness (QED) is 0.938. The Hall–Kier alpha value is -2.76. The van der Waals surface area contributed by atoms with Gasteiger partial charge in [0.05, 0.1) is 11.4 Å². The van der Waals surface area contributed by atoms with Gasteiger partial charge in [-0.25, -0.2) is 8.78 Å². The summed E-state index contributed by atoms with van der Waals surface area (Å²) >= 11 is 0. The predicted octanol–water partition coefficient (Wildman–Crippen LogP) is 3.73. The minimum atomic E-state index is -0.818. The number of carbonyl (C=O) groups excluding carboxylic acids is 1. The van der Waals surface area contributed by atoms with Crippen molar-refractivity contribution in [3.8, 4) is 0 Å². The smallest absolute Gasteiger partial charge is 0.255 e. The highest BCUT2D eigenvalue weighted by atomic mass is 19.1. The van der Waals surface area contributed by atoms with Gasteiger partial charge in [0.15, 0.2) is 0 Å². The fourth-order valence-electron chi connectivity index (χ4n) is 2.27. The molecule has 0 spiro atoms. The van der Waals surface area contributed by atoms with E-state index >= 15 is 0 Å². The maximum Gasteiger partial charge on any atom is 0.255 e. The molecule has 0 aromatic heterocycles. The normalized spacial score (nSPS) is 16.7. The Kier molecular flexibility index (Phi) is 4.06. The number of hydrogen-bond acceptors (Lipinski definition) is 3. The molecule has 0 bridgehead atoms. The fraction of sp³-hybridized carbons (Fsp3) is 0.176. The van der Waals surface area contributed by atoms with Crippen LogP contribution in [0.1, 0.15) is 29.3 Å². The summed E-state index contributed by atoms with van der Waals surface area (Å²) in [6.45, 7) is 1.93. The molecular formula is C17H14F2N2O2. The standard InChI is InChI=1S/C17H14F2N2O2/c1-10-8-16(21-23-10)11-2-4-12(5-3-11)17(22)20-15-7-6-13(18)9-14(15)19/h2-7,9-10H,8H2,1H3,(H,20,22). The van der Waals surface area contributed by atoms with E-state index in [-0.39, 0.29) is 11.8 Å². The van der Waals surface area contributed by atoms with Crippen molar-refractivity contribution in [1.82, 2.24) is 0 Å². The minimum Gasteiger partial charge on any atom is -0.392 e. The van der Waals surface area contributed by atoms with Crippen molar-refractivity contribution in [3.63, 3.8) is 0 Å². The van der Waals surface area contributed by atoms with Gasteiger partial charge in [-0.2, -0.15) is 0 Å². The highest BCUT2D eigenvalue weighted by molar-refractivity contribution is 6.06. The van der Waals surface area contributed by atoms with Gasteiger partial charge in [0.1, 0.15) is 17.7 Å². The Morgan fingerprint density at radius 3 is 2.57 bits per heavy atom. The molecule has 1 N–H and O–H groups in total. The van der Waals surface area contributed by atoms with E-state index in [2.05, 4.69) is 10.5 Å². The average molecular weight is 316 g/mol. The van der Waals surface area contributed by atoms with Gasteiger partial charge in [0.25, 0.3) is 5.91 Å². The van der Waals surface area contributed by atoms with Crippen LogP contribution in [0.2, 0.25) is 0 Å². The summed E-state index contributed by atoms with van der Waals surface area (Å²) in [5.74, 6) is -1.99. The summed E-state index contributed by atoms with van der Waals surface area (Å²) in [4.78, 5) is 17.2. The van der Waals surface area contributed by atoms with Gasteiger partial charge < -0.3 is 10.2 Å². The number of halogens is 2. The summed E-state index contributed by atoms with van der Waals surface area (Å²) in [6, 6.07) is 9.75. The van der Waals surface area contributed by atoms with Crippen LogP contribution in [0.3, 0.4) is 0 Å². The number of rotatable bonds is 3. The zero-order chi connectivity index (χ0) is 16.4. The van der Waals surface area contributed by atoms with Crippen LogP contribution >= 0.6 is 0 Å². The lowest BCUT2D eigenvalue weighted by atomic mass is 10.0. The zero-order valence-electron chi connectivity index (χ0n) is 12.3. The lowest BCUT2D eigenvalue weighted by Gasteiger charge is -2.07. The van der Waals surface area contributed by atoms with Crippen LogP contribution in [-0.2, 0) is 4.84 Å². The van der Waals surface area contributed by atoms with E-state index in [9.17, 15) is 13.6 Å². The minimum absolute atomic E-state index is 0.0504. The first-order valence-electron chi connectivity index (χ1n) is 7.12. The third kappa shape index (κ3) is 3.36. The van der Waals surface area contributed by atoms with E-state index in [1.54, 1.807) is 24.3 Å². The van der Waals surface area contributed by atoms with Crippen molar-refractivity contribution >= 4 is 17.3 Å². The Morgan fingerprint density at radius 1 is 1.22 bits per heavy atom.